The Morgan fingerprint density at radius 2 is 1.66 bits per heavy atom. The lowest BCUT2D eigenvalue weighted by molar-refractivity contribution is 0.0929. The van der Waals surface area contributed by atoms with E-state index in [1.54, 1.807) is 0 Å². The van der Waals surface area contributed by atoms with Gasteiger partial charge in [0.15, 0.2) is 23.0 Å². The molecule has 160 valence electrons. The maximum Gasteiger partial charge on any atom is 0.200 e. The highest BCUT2D eigenvalue weighted by molar-refractivity contribution is 6.02. The summed E-state index contributed by atoms with van der Waals surface area (Å²) >= 11 is 0. The fourth-order valence-corrected chi connectivity index (χ4v) is 2.29. The standard InChI is InChI=1S/C9H8O4.C6H6O3.C5H14N2/c10-5-3-7(12)9-6(11)1-2-13-8(9)4-5;7-4-2-1-3-5(8)6(4)9;1-7(2)5-3-4-6/h3-4,10,12H,1-2H2;1-3,7-9H;3-6H2,1-2H3. The topological polar surface area (TPSA) is 157 Å². The lowest BCUT2D eigenvalue weighted by Crippen LogP contribution is -2.16. The molecule has 29 heavy (non-hydrogen) atoms. The molecule has 0 spiro atoms. The van der Waals surface area contributed by atoms with Crippen molar-refractivity contribution >= 4 is 5.78 Å². The molecule has 1 aliphatic rings. The molecule has 0 saturated carbocycles. The van der Waals surface area contributed by atoms with E-state index in [1.165, 1.54) is 24.3 Å². The largest absolute Gasteiger partial charge is 0.508 e. The summed E-state index contributed by atoms with van der Waals surface area (Å²) < 4.78 is 5.11. The van der Waals surface area contributed by atoms with Gasteiger partial charge in [0, 0.05) is 18.6 Å². The number of carbonyl (C=O) groups excluding carboxylic acids is 1. The molecular formula is C20H28N2O7. The van der Waals surface area contributed by atoms with Gasteiger partial charge in [-0.05, 0) is 45.7 Å². The summed E-state index contributed by atoms with van der Waals surface area (Å²) in [5, 5.41) is 44.5. The molecule has 0 bridgehead atoms. The van der Waals surface area contributed by atoms with E-state index in [9.17, 15) is 9.90 Å². The number of ketones is 1. The molecule has 0 amide bonds. The summed E-state index contributed by atoms with van der Waals surface area (Å²) in [4.78, 5) is 13.4. The number of benzene rings is 2. The number of nitrogens with two attached hydrogens (primary N) is 1. The van der Waals surface area contributed by atoms with Crippen molar-refractivity contribution in [3.63, 3.8) is 0 Å². The number of Topliss-reactive ketones (excluding diaryl/α,β-unsaturated/α-hetero) is 1. The highest BCUT2D eigenvalue weighted by atomic mass is 16.5. The van der Waals surface area contributed by atoms with Crippen LogP contribution < -0.4 is 10.5 Å². The van der Waals surface area contributed by atoms with Crippen LogP contribution in [-0.2, 0) is 0 Å². The van der Waals surface area contributed by atoms with Gasteiger partial charge >= 0.3 is 0 Å². The smallest absolute Gasteiger partial charge is 0.200 e. The number of rotatable bonds is 3. The van der Waals surface area contributed by atoms with Gasteiger partial charge < -0.3 is 40.9 Å². The van der Waals surface area contributed by atoms with Crippen LogP contribution in [0.5, 0.6) is 34.5 Å². The maximum absolute atomic E-state index is 11.3. The lowest BCUT2D eigenvalue weighted by Gasteiger charge is -2.16. The number of carbonyl (C=O) groups is 1. The molecule has 9 heteroatoms. The van der Waals surface area contributed by atoms with Crippen molar-refractivity contribution in [2.75, 3.05) is 33.8 Å². The van der Waals surface area contributed by atoms with E-state index in [0.717, 1.165) is 25.6 Å². The minimum Gasteiger partial charge on any atom is -0.508 e. The second-order valence-corrected chi connectivity index (χ2v) is 6.45. The number of nitrogens with zero attached hydrogens (tertiary/aromatic N) is 1. The zero-order valence-electron chi connectivity index (χ0n) is 16.5. The lowest BCUT2D eigenvalue weighted by atomic mass is 10.0. The Labute approximate surface area is 169 Å². The van der Waals surface area contributed by atoms with Crippen LogP contribution in [0.3, 0.4) is 0 Å². The van der Waals surface area contributed by atoms with Crippen molar-refractivity contribution in [3.8, 4) is 34.5 Å². The Balaban J connectivity index is 0.000000232. The maximum atomic E-state index is 11.3. The molecule has 0 unspecified atom stereocenters. The number of phenols is 5. The van der Waals surface area contributed by atoms with Crippen molar-refractivity contribution in [1.29, 1.82) is 0 Å². The van der Waals surface area contributed by atoms with E-state index < -0.39 is 5.75 Å². The Bertz CT molecular complexity index is 789. The molecule has 0 radical (unpaired) electrons. The third kappa shape index (κ3) is 7.76. The van der Waals surface area contributed by atoms with E-state index in [2.05, 4.69) is 19.0 Å². The van der Waals surface area contributed by atoms with Gasteiger partial charge in [0.05, 0.1) is 6.61 Å². The van der Waals surface area contributed by atoms with Crippen molar-refractivity contribution in [2.45, 2.75) is 12.8 Å². The van der Waals surface area contributed by atoms with E-state index in [1.807, 2.05) is 0 Å². The number of hydrogen-bond donors (Lipinski definition) is 6. The molecule has 0 aliphatic carbocycles. The summed E-state index contributed by atoms with van der Waals surface area (Å²) in [5.41, 5.74) is 5.42. The van der Waals surface area contributed by atoms with Crippen LogP contribution in [-0.4, -0.2) is 70.0 Å². The number of hydrogen-bond acceptors (Lipinski definition) is 9. The van der Waals surface area contributed by atoms with E-state index in [-0.39, 0.29) is 46.5 Å². The Morgan fingerprint density at radius 1 is 1.03 bits per heavy atom. The molecular weight excluding hydrogens is 380 g/mol. The number of ether oxygens (including phenoxy) is 1. The van der Waals surface area contributed by atoms with Crippen LogP contribution in [0.15, 0.2) is 30.3 Å². The van der Waals surface area contributed by atoms with Crippen LogP contribution in [0.2, 0.25) is 0 Å². The molecule has 3 rings (SSSR count). The quantitative estimate of drug-likeness (QED) is 0.416. The third-order valence-corrected chi connectivity index (χ3v) is 3.73. The number of aromatic hydroxyl groups is 5. The van der Waals surface area contributed by atoms with Crippen molar-refractivity contribution in [1.82, 2.24) is 4.90 Å². The summed E-state index contributed by atoms with van der Waals surface area (Å²) in [6.07, 6.45) is 1.37. The van der Waals surface area contributed by atoms with Crippen LogP contribution in [0.1, 0.15) is 23.2 Å². The fraction of sp³-hybridized carbons (Fsp3) is 0.350. The van der Waals surface area contributed by atoms with Gasteiger partial charge in [-0.1, -0.05) is 6.07 Å². The summed E-state index contributed by atoms with van der Waals surface area (Å²) in [6, 6.07) is 6.46. The SMILES string of the molecule is CN(C)CCCN.O=C1CCOc2cc(O)cc(O)c21.Oc1cccc(O)c1O. The fourth-order valence-electron chi connectivity index (χ4n) is 2.29. The third-order valence-electron chi connectivity index (χ3n) is 3.73. The molecule has 2 aromatic rings. The Kier molecular flexibility index (Phi) is 9.57. The monoisotopic (exact) mass is 408 g/mol. The van der Waals surface area contributed by atoms with Crippen LogP contribution in [0, 0.1) is 0 Å². The van der Waals surface area contributed by atoms with Crippen molar-refractivity contribution < 1.29 is 35.1 Å². The van der Waals surface area contributed by atoms with Gasteiger partial charge in [-0.15, -0.1) is 0 Å². The van der Waals surface area contributed by atoms with E-state index in [4.69, 9.17) is 30.9 Å². The van der Waals surface area contributed by atoms with Gasteiger partial charge in [0.1, 0.15) is 22.8 Å². The van der Waals surface area contributed by atoms with Gasteiger partial charge in [0.2, 0.25) is 0 Å². The van der Waals surface area contributed by atoms with Crippen LogP contribution in [0.4, 0.5) is 0 Å². The first-order chi connectivity index (χ1) is 13.7. The average Bonchev–Trinajstić information content (AvgIpc) is 2.65. The molecule has 0 aromatic heterocycles. The van der Waals surface area contributed by atoms with E-state index >= 15 is 0 Å². The summed E-state index contributed by atoms with van der Waals surface area (Å²) in [7, 11) is 4.10. The Hall–Kier alpha value is -3.17. The molecule has 0 saturated heterocycles. The van der Waals surface area contributed by atoms with Gasteiger partial charge in [-0.2, -0.15) is 0 Å². The summed E-state index contributed by atoms with van der Waals surface area (Å²) in [6.45, 7) is 2.21. The minimum atomic E-state index is -0.475. The summed E-state index contributed by atoms with van der Waals surface area (Å²) in [5.74, 6) is -1.32. The minimum absolute atomic E-state index is 0.106. The molecule has 0 fully saturated rings. The van der Waals surface area contributed by atoms with Crippen molar-refractivity contribution in [3.05, 3.63) is 35.9 Å². The van der Waals surface area contributed by atoms with Crippen molar-refractivity contribution in [2.24, 2.45) is 5.73 Å². The molecule has 1 heterocycles. The zero-order valence-corrected chi connectivity index (χ0v) is 16.5. The van der Waals surface area contributed by atoms with Crippen LogP contribution in [0.25, 0.3) is 0 Å². The predicted molar refractivity (Wildman–Crippen MR) is 108 cm³/mol. The highest BCUT2D eigenvalue weighted by Gasteiger charge is 2.22. The molecule has 9 nitrogen and oxygen atoms in total. The average molecular weight is 408 g/mol. The van der Waals surface area contributed by atoms with Crippen LogP contribution >= 0.6 is 0 Å². The molecule has 1 aliphatic heterocycles. The second kappa shape index (κ2) is 11.6. The highest BCUT2D eigenvalue weighted by Crippen LogP contribution is 2.36. The zero-order chi connectivity index (χ0) is 22.0. The first-order valence-corrected chi connectivity index (χ1v) is 8.94. The van der Waals surface area contributed by atoms with E-state index in [0.29, 0.717) is 6.61 Å². The predicted octanol–water partition coefficient (Wildman–Crippen LogP) is 1.76. The first-order valence-electron chi connectivity index (χ1n) is 8.94. The van der Waals surface area contributed by atoms with Gasteiger partial charge in [0.25, 0.3) is 0 Å². The molecule has 0 atom stereocenters. The second-order valence-electron chi connectivity index (χ2n) is 6.45. The first kappa shape index (κ1) is 23.9. The van der Waals surface area contributed by atoms with Gasteiger partial charge in [-0.25, -0.2) is 0 Å². The normalized spacial score (nSPS) is 12.1. The number of fused-ring (bicyclic) bond motifs is 1. The number of phenolic OH excluding ortho intramolecular Hbond substituents is 5. The van der Waals surface area contributed by atoms with Gasteiger partial charge in [-0.3, -0.25) is 4.79 Å². The molecule has 7 N–H and O–H groups in total. The molecule has 2 aromatic carbocycles. The Morgan fingerprint density at radius 3 is 2.14 bits per heavy atom. The number of para-hydroxylation sites is 1.